The number of rotatable bonds is 5. The molecule has 2 unspecified atom stereocenters. The molecular weight excluding hydrogens is 222 g/mol. The molecule has 18 heavy (non-hydrogen) atoms. The summed E-state index contributed by atoms with van der Waals surface area (Å²) in [5.74, 6) is 0. The van der Waals surface area contributed by atoms with Crippen molar-refractivity contribution in [3.8, 4) is 0 Å². The van der Waals surface area contributed by atoms with Gasteiger partial charge in [0.05, 0.1) is 0 Å². The van der Waals surface area contributed by atoms with Crippen LogP contribution in [-0.4, -0.2) is 23.6 Å². The molecule has 1 aliphatic heterocycles. The SMILES string of the molecule is CC(CC1CCCCCN1)NCc1cccnc1. The van der Waals surface area contributed by atoms with Gasteiger partial charge < -0.3 is 10.6 Å². The fraction of sp³-hybridized carbons (Fsp3) is 0.667. The summed E-state index contributed by atoms with van der Waals surface area (Å²) in [6, 6.07) is 5.37. The highest BCUT2D eigenvalue weighted by molar-refractivity contribution is 5.07. The van der Waals surface area contributed by atoms with Crippen LogP contribution in [0.2, 0.25) is 0 Å². The van der Waals surface area contributed by atoms with Crippen LogP contribution in [0.4, 0.5) is 0 Å². The van der Waals surface area contributed by atoms with Crippen LogP contribution in [0.25, 0.3) is 0 Å². The maximum Gasteiger partial charge on any atom is 0.0312 e. The molecule has 0 aromatic carbocycles. The third-order valence-corrected chi connectivity index (χ3v) is 3.68. The summed E-state index contributed by atoms with van der Waals surface area (Å²) in [5, 5.41) is 7.24. The third-order valence-electron chi connectivity index (χ3n) is 3.68. The molecule has 3 nitrogen and oxygen atoms in total. The van der Waals surface area contributed by atoms with Crippen molar-refractivity contribution < 1.29 is 0 Å². The second-order valence-electron chi connectivity index (χ2n) is 5.38. The van der Waals surface area contributed by atoms with Crippen LogP contribution in [-0.2, 0) is 6.54 Å². The molecule has 0 aliphatic carbocycles. The van der Waals surface area contributed by atoms with Gasteiger partial charge >= 0.3 is 0 Å². The molecule has 2 rings (SSSR count). The van der Waals surface area contributed by atoms with Crippen molar-refractivity contribution in [3.05, 3.63) is 30.1 Å². The van der Waals surface area contributed by atoms with Gasteiger partial charge in [-0.05, 0) is 44.4 Å². The van der Waals surface area contributed by atoms with Crippen LogP contribution in [0.1, 0.15) is 44.6 Å². The summed E-state index contributed by atoms with van der Waals surface area (Å²) in [5.41, 5.74) is 1.26. The van der Waals surface area contributed by atoms with Gasteiger partial charge in [0.25, 0.3) is 0 Å². The fourth-order valence-electron chi connectivity index (χ4n) is 2.61. The van der Waals surface area contributed by atoms with E-state index >= 15 is 0 Å². The number of hydrogen-bond donors (Lipinski definition) is 2. The Kier molecular flexibility index (Phi) is 5.62. The standard InChI is InChI=1S/C15H25N3/c1-13(10-15-7-3-2-4-9-17-15)18-12-14-6-5-8-16-11-14/h5-6,8,11,13,15,17-18H,2-4,7,9-10,12H2,1H3. The fourth-order valence-corrected chi connectivity index (χ4v) is 2.61. The van der Waals surface area contributed by atoms with E-state index in [9.17, 15) is 0 Å². The van der Waals surface area contributed by atoms with Crippen molar-refractivity contribution in [2.75, 3.05) is 6.54 Å². The zero-order valence-electron chi connectivity index (χ0n) is 11.4. The van der Waals surface area contributed by atoms with Gasteiger partial charge in [-0.1, -0.05) is 18.9 Å². The summed E-state index contributed by atoms with van der Waals surface area (Å²) in [6.07, 6.45) is 10.4. The van der Waals surface area contributed by atoms with Gasteiger partial charge in [0.1, 0.15) is 0 Å². The number of hydrogen-bond acceptors (Lipinski definition) is 3. The molecule has 0 amide bonds. The molecular formula is C15H25N3. The molecule has 3 heteroatoms. The molecule has 1 fully saturated rings. The summed E-state index contributed by atoms with van der Waals surface area (Å²) >= 11 is 0. The largest absolute Gasteiger partial charge is 0.314 e. The van der Waals surface area contributed by atoms with Crippen LogP contribution in [0.3, 0.4) is 0 Å². The Bertz CT molecular complexity index is 318. The Morgan fingerprint density at radius 3 is 3.22 bits per heavy atom. The van der Waals surface area contributed by atoms with E-state index in [1.165, 1.54) is 44.2 Å². The second-order valence-corrected chi connectivity index (χ2v) is 5.38. The van der Waals surface area contributed by atoms with Crippen LogP contribution in [0, 0.1) is 0 Å². The molecule has 0 saturated carbocycles. The van der Waals surface area contributed by atoms with Gasteiger partial charge in [0.15, 0.2) is 0 Å². The van der Waals surface area contributed by atoms with E-state index in [0.717, 1.165) is 6.54 Å². The molecule has 1 aromatic rings. The average molecular weight is 247 g/mol. The first-order valence-electron chi connectivity index (χ1n) is 7.20. The van der Waals surface area contributed by atoms with Gasteiger partial charge in [-0.15, -0.1) is 0 Å². The highest BCUT2D eigenvalue weighted by Gasteiger charge is 2.14. The highest BCUT2D eigenvalue weighted by Crippen LogP contribution is 2.12. The topological polar surface area (TPSA) is 37.0 Å². The molecule has 0 radical (unpaired) electrons. The van der Waals surface area contributed by atoms with Gasteiger partial charge in [0.2, 0.25) is 0 Å². The lowest BCUT2D eigenvalue weighted by Crippen LogP contribution is -2.36. The lowest BCUT2D eigenvalue weighted by atomic mass is 10.0. The Labute approximate surface area is 110 Å². The summed E-state index contributed by atoms with van der Waals surface area (Å²) in [4.78, 5) is 4.14. The minimum absolute atomic E-state index is 0.556. The number of pyridine rings is 1. The monoisotopic (exact) mass is 247 g/mol. The smallest absolute Gasteiger partial charge is 0.0312 e. The van der Waals surface area contributed by atoms with E-state index < -0.39 is 0 Å². The minimum atomic E-state index is 0.556. The quantitative estimate of drug-likeness (QED) is 0.839. The summed E-state index contributed by atoms with van der Waals surface area (Å²) < 4.78 is 0. The summed E-state index contributed by atoms with van der Waals surface area (Å²) in [6.45, 7) is 4.39. The second kappa shape index (κ2) is 7.49. The van der Waals surface area contributed by atoms with E-state index in [0.29, 0.717) is 12.1 Å². The van der Waals surface area contributed by atoms with Crippen LogP contribution in [0.5, 0.6) is 0 Å². The van der Waals surface area contributed by atoms with Crippen molar-refractivity contribution in [1.82, 2.24) is 15.6 Å². The van der Waals surface area contributed by atoms with Crippen LogP contribution in [0.15, 0.2) is 24.5 Å². The Morgan fingerprint density at radius 2 is 2.39 bits per heavy atom. The Hall–Kier alpha value is -0.930. The lowest BCUT2D eigenvalue weighted by Gasteiger charge is -2.21. The molecule has 0 bridgehead atoms. The Morgan fingerprint density at radius 1 is 1.44 bits per heavy atom. The van der Waals surface area contributed by atoms with Crippen molar-refractivity contribution >= 4 is 0 Å². The van der Waals surface area contributed by atoms with Crippen molar-refractivity contribution in [2.24, 2.45) is 0 Å². The lowest BCUT2D eigenvalue weighted by molar-refractivity contribution is 0.402. The van der Waals surface area contributed by atoms with Crippen LogP contribution >= 0.6 is 0 Å². The predicted octanol–water partition coefficient (Wildman–Crippen LogP) is 2.48. The van der Waals surface area contributed by atoms with E-state index in [-0.39, 0.29) is 0 Å². The molecule has 2 atom stereocenters. The maximum absolute atomic E-state index is 4.14. The first-order valence-corrected chi connectivity index (χ1v) is 7.20. The number of aromatic nitrogens is 1. The third kappa shape index (κ3) is 4.75. The number of nitrogens with one attached hydrogen (secondary N) is 2. The zero-order chi connectivity index (χ0) is 12.6. The molecule has 1 aromatic heterocycles. The molecule has 1 saturated heterocycles. The predicted molar refractivity (Wildman–Crippen MR) is 75.4 cm³/mol. The van der Waals surface area contributed by atoms with E-state index in [1.54, 1.807) is 0 Å². The molecule has 100 valence electrons. The van der Waals surface area contributed by atoms with Gasteiger partial charge in [0, 0.05) is 31.0 Å². The average Bonchev–Trinajstić information content (AvgIpc) is 2.66. The van der Waals surface area contributed by atoms with E-state index in [4.69, 9.17) is 0 Å². The van der Waals surface area contributed by atoms with E-state index in [2.05, 4.69) is 28.6 Å². The first kappa shape index (κ1) is 13.5. The molecule has 1 aliphatic rings. The molecule has 2 heterocycles. The maximum atomic E-state index is 4.14. The molecule has 2 N–H and O–H groups in total. The zero-order valence-corrected chi connectivity index (χ0v) is 11.4. The van der Waals surface area contributed by atoms with Gasteiger partial charge in [-0.25, -0.2) is 0 Å². The number of nitrogens with zero attached hydrogens (tertiary/aromatic N) is 1. The van der Waals surface area contributed by atoms with Gasteiger partial charge in [-0.3, -0.25) is 4.98 Å². The first-order chi connectivity index (χ1) is 8.84. The van der Waals surface area contributed by atoms with Crippen molar-refractivity contribution in [1.29, 1.82) is 0 Å². The van der Waals surface area contributed by atoms with Gasteiger partial charge in [-0.2, -0.15) is 0 Å². The molecule has 0 spiro atoms. The normalized spacial score (nSPS) is 22.4. The van der Waals surface area contributed by atoms with E-state index in [1.807, 2.05) is 18.5 Å². The van der Waals surface area contributed by atoms with Crippen LogP contribution < -0.4 is 10.6 Å². The summed E-state index contributed by atoms with van der Waals surface area (Å²) in [7, 11) is 0. The Balaban J connectivity index is 1.69. The van der Waals surface area contributed by atoms with Crippen molar-refractivity contribution in [2.45, 2.75) is 57.7 Å². The van der Waals surface area contributed by atoms with Crippen molar-refractivity contribution in [3.63, 3.8) is 0 Å². The highest BCUT2D eigenvalue weighted by atomic mass is 14.9. The minimum Gasteiger partial charge on any atom is -0.314 e.